The third-order valence-corrected chi connectivity index (χ3v) is 3.75. The summed E-state index contributed by atoms with van der Waals surface area (Å²) >= 11 is 1.69. The number of carbonyl (C=O) groups is 1. The molecule has 1 saturated heterocycles. The van der Waals surface area contributed by atoms with E-state index in [0.717, 1.165) is 18.6 Å². The van der Waals surface area contributed by atoms with Crippen molar-refractivity contribution < 1.29 is 9.90 Å². The Morgan fingerprint density at radius 1 is 1.57 bits per heavy atom. The van der Waals surface area contributed by atoms with Gasteiger partial charge in [0.1, 0.15) is 5.60 Å². The van der Waals surface area contributed by atoms with Crippen LogP contribution in [0.4, 0.5) is 0 Å². The maximum Gasteiger partial charge on any atom is 0.223 e. The minimum absolute atomic E-state index is 0.199. The Morgan fingerprint density at radius 3 is 2.71 bits per heavy atom. The molecule has 0 atom stereocenters. The van der Waals surface area contributed by atoms with Crippen molar-refractivity contribution in [3.8, 4) is 0 Å². The van der Waals surface area contributed by atoms with Crippen molar-refractivity contribution in [3.63, 3.8) is 0 Å². The minimum atomic E-state index is -0.519. The summed E-state index contributed by atoms with van der Waals surface area (Å²) in [6.07, 6.45) is 4.90. The highest BCUT2D eigenvalue weighted by Gasteiger charge is 2.52. The van der Waals surface area contributed by atoms with Crippen LogP contribution in [0.1, 0.15) is 19.3 Å². The van der Waals surface area contributed by atoms with Crippen LogP contribution in [0.25, 0.3) is 0 Å². The van der Waals surface area contributed by atoms with Gasteiger partial charge in [-0.25, -0.2) is 0 Å². The molecule has 1 heterocycles. The summed E-state index contributed by atoms with van der Waals surface area (Å²) in [7, 11) is 0. The first-order valence-electron chi connectivity index (χ1n) is 5.15. The second kappa shape index (κ2) is 3.74. The Morgan fingerprint density at radius 2 is 2.21 bits per heavy atom. The van der Waals surface area contributed by atoms with E-state index in [0.29, 0.717) is 25.4 Å². The molecule has 2 rings (SSSR count). The zero-order valence-corrected chi connectivity index (χ0v) is 9.35. The lowest BCUT2D eigenvalue weighted by Gasteiger charge is -2.47. The zero-order valence-electron chi connectivity index (χ0n) is 8.53. The van der Waals surface area contributed by atoms with E-state index in [1.54, 1.807) is 16.7 Å². The van der Waals surface area contributed by atoms with Gasteiger partial charge < -0.3 is 10.0 Å². The van der Waals surface area contributed by atoms with Crippen LogP contribution < -0.4 is 0 Å². The largest absolute Gasteiger partial charge is 0.386 e. The number of amides is 1. The van der Waals surface area contributed by atoms with Crippen LogP contribution in [0.3, 0.4) is 0 Å². The summed E-state index contributed by atoms with van der Waals surface area (Å²) in [4.78, 5) is 13.3. The van der Waals surface area contributed by atoms with E-state index < -0.39 is 5.60 Å². The number of thioether (sulfide) groups is 1. The molecule has 2 fully saturated rings. The van der Waals surface area contributed by atoms with Crippen molar-refractivity contribution in [2.75, 3.05) is 25.1 Å². The van der Waals surface area contributed by atoms with E-state index in [9.17, 15) is 9.90 Å². The monoisotopic (exact) mass is 215 g/mol. The van der Waals surface area contributed by atoms with Gasteiger partial charge in [0.2, 0.25) is 5.91 Å². The van der Waals surface area contributed by atoms with Crippen LogP contribution in [-0.4, -0.2) is 46.6 Å². The first-order chi connectivity index (χ1) is 6.65. The first-order valence-corrected chi connectivity index (χ1v) is 6.54. The van der Waals surface area contributed by atoms with Gasteiger partial charge in [-0.1, -0.05) is 0 Å². The van der Waals surface area contributed by atoms with Crippen molar-refractivity contribution >= 4 is 17.7 Å². The Hall–Kier alpha value is -0.220. The third-order valence-electron chi connectivity index (χ3n) is 3.14. The molecular weight excluding hydrogens is 198 g/mol. The van der Waals surface area contributed by atoms with Crippen LogP contribution in [-0.2, 0) is 4.79 Å². The minimum Gasteiger partial charge on any atom is -0.386 e. The predicted octanol–water partition coefficient (Wildman–Crippen LogP) is 0.723. The molecule has 0 spiro atoms. The summed E-state index contributed by atoms with van der Waals surface area (Å²) in [5, 5.41) is 10.00. The van der Waals surface area contributed by atoms with Crippen LogP contribution >= 0.6 is 11.8 Å². The molecule has 0 bridgehead atoms. The molecule has 0 aromatic carbocycles. The second-order valence-electron chi connectivity index (χ2n) is 4.37. The Labute approximate surface area is 88.9 Å². The summed E-state index contributed by atoms with van der Waals surface area (Å²) in [6, 6.07) is 0. The topological polar surface area (TPSA) is 40.5 Å². The van der Waals surface area contributed by atoms with Gasteiger partial charge >= 0.3 is 0 Å². The number of rotatable bonds is 4. The fourth-order valence-corrected chi connectivity index (χ4v) is 2.40. The number of carbonyl (C=O) groups excluding carboxylic acids is 1. The molecule has 1 aliphatic carbocycles. The van der Waals surface area contributed by atoms with Gasteiger partial charge in [-0.3, -0.25) is 4.79 Å². The van der Waals surface area contributed by atoms with E-state index in [1.807, 2.05) is 6.26 Å². The molecule has 0 aromatic heterocycles. The number of likely N-dealkylation sites (tertiary alicyclic amines) is 1. The number of hydrogen-bond acceptors (Lipinski definition) is 3. The normalized spacial score (nSPS) is 24.6. The van der Waals surface area contributed by atoms with Crippen LogP contribution in [0.15, 0.2) is 0 Å². The number of aliphatic hydroxyl groups is 1. The van der Waals surface area contributed by atoms with E-state index in [2.05, 4.69) is 0 Å². The summed E-state index contributed by atoms with van der Waals surface area (Å²) in [5.41, 5.74) is -0.519. The molecule has 80 valence electrons. The molecule has 1 aliphatic heterocycles. The quantitative estimate of drug-likeness (QED) is 0.751. The molecule has 0 unspecified atom stereocenters. The van der Waals surface area contributed by atoms with Crippen LogP contribution in [0.5, 0.6) is 0 Å². The van der Waals surface area contributed by atoms with Crippen molar-refractivity contribution in [2.45, 2.75) is 24.9 Å². The molecule has 3 nitrogen and oxygen atoms in total. The van der Waals surface area contributed by atoms with Crippen LogP contribution in [0.2, 0.25) is 0 Å². The Kier molecular flexibility index (Phi) is 2.75. The molecule has 0 aromatic rings. The number of hydrogen-bond donors (Lipinski definition) is 1. The standard InChI is InChI=1S/C10H17NO2S/c1-14-5-4-9(12)11-6-10(13,7-11)8-2-3-8/h8,13H,2-7H2,1H3. The van der Waals surface area contributed by atoms with E-state index in [-0.39, 0.29) is 5.91 Å². The molecule has 4 heteroatoms. The average molecular weight is 215 g/mol. The van der Waals surface area contributed by atoms with Crippen molar-refractivity contribution in [1.82, 2.24) is 4.90 Å². The fraction of sp³-hybridized carbons (Fsp3) is 0.900. The predicted molar refractivity (Wildman–Crippen MR) is 57.3 cm³/mol. The summed E-state index contributed by atoms with van der Waals surface area (Å²) in [5.74, 6) is 1.56. The zero-order chi connectivity index (χ0) is 10.2. The lowest BCUT2D eigenvalue weighted by molar-refractivity contribution is -0.158. The van der Waals surface area contributed by atoms with Crippen LogP contribution in [0, 0.1) is 5.92 Å². The van der Waals surface area contributed by atoms with Crippen molar-refractivity contribution in [2.24, 2.45) is 5.92 Å². The smallest absolute Gasteiger partial charge is 0.223 e. The SMILES string of the molecule is CSCCC(=O)N1CC(O)(C2CC2)C1. The lowest BCUT2D eigenvalue weighted by Crippen LogP contribution is -2.64. The lowest BCUT2D eigenvalue weighted by atomic mass is 9.88. The second-order valence-corrected chi connectivity index (χ2v) is 5.36. The maximum absolute atomic E-state index is 11.5. The Balaban J connectivity index is 1.73. The van der Waals surface area contributed by atoms with E-state index in [4.69, 9.17) is 0 Å². The van der Waals surface area contributed by atoms with Gasteiger partial charge in [0.25, 0.3) is 0 Å². The van der Waals surface area contributed by atoms with E-state index >= 15 is 0 Å². The highest BCUT2D eigenvalue weighted by molar-refractivity contribution is 7.98. The number of nitrogens with zero attached hydrogens (tertiary/aromatic N) is 1. The van der Waals surface area contributed by atoms with Gasteiger partial charge in [-0.05, 0) is 25.0 Å². The van der Waals surface area contributed by atoms with Gasteiger partial charge in [0.15, 0.2) is 0 Å². The van der Waals surface area contributed by atoms with Gasteiger partial charge in [0, 0.05) is 12.2 Å². The maximum atomic E-state index is 11.5. The highest BCUT2D eigenvalue weighted by Crippen LogP contribution is 2.44. The van der Waals surface area contributed by atoms with Gasteiger partial charge in [0.05, 0.1) is 13.1 Å². The Bertz CT molecular complexity index is 234. The third kappa shape index (κ3) is 1.91. The number of β-amino-alcohol motifs (C(OH)–C–C–N with tert-alkyl or cyclic N) is 1. The fourth-order valence-electron chi connectivity index (χ4n) is 2.02. The molecule has 1 saturated carbocycles. The van der Waals surface area contributed by atoms with Gasteiger partial charge in [-0.2, -0.15) is 11.8 Å². The molecule has 2 aliphatic rings. The molecule has 1 amide bonds. The molecular formula is C10H17NO2S. The van der Waals surface area contributed by atoms with E-state index in [1.165, 1.54) is 0 Å². The van der Waals surface area contributed by atoms with Gasteiger partial charge in [-0.15, -0.1) is 0 Å². The molecule has 14 heavy (non-hydrogen) atoms. The summed E-state index contributed by atoms with van der Waals surface area (Å²) in [6.45, 7) is 1.15. The van der Waals surface area contributed by atoms with Crippen molar-refractivity contribution in [3.05, 3.63) is 0 Å². The molecule has 1 N–H and O–H groups in total. The highest BCUT2D eigenvalue weighted by atomic mass is 32.2. The first kappa shape index (κ1) is 10.3. The summed E-state index contributed by atoms with van der Waals surface area (Å²) < 4.78 is 0. The average Bonchev–Trinajstić information content (AvgIpc) is 2.92. The van der Waals surface area contributed by atoms with Crippen molar-refractivity contribution in [1.29, 1.82) is 0 Å². The molecule has 0 radical (unpaired) electrons.